The maximum Gasteiger partial charge on any atom is 0.278 e. The Morgan fingerprint density at radius 1 is 1.50 bits per heavy atom. The summed E-state index contributed by atoms with van der Waals surface area (Å²) < 4.78 is 3.21. The highest BCUT2D eigenvalue weighted by Gasteiger charge is 2.10. The topological polar surface area (TPSA) is 94.5 Å². The van der Waals surface area contributed by atoms with Crippen LogP contribution in [0.1, 0.15) is 5.56 Å². The molecule has 0 saturated carbocycles. The highest BCUT2D eigenvalue weighted by atomic mass is 79.9. The molecular formula is C8H4BrN5OS. The van der Waals surface area contributed by atoms with Crippen LogP contribution in [0.4, 0.5) is 10.9 Å². The van der Waals surface area contributed by atoms with Crippen LogP contribution in [0.2, 0.25) is 0 Å². The van der Waals surface area contributed by atoms with Crippen LogP contribution in [0.5, 0.6) is 0 Å². The Balaban J connectivity index is 2.31. The zero-order valence-electron chi connectivity index (χ0n) is 7.69. The molecule has 2 rings (SSSR count). The van der Waals surface area contributed by atoms with Crippen molar-refractivity contribution in [2.24, 2.45) is 0 Å². The predicted octanol–water partition coefficient (Wildman–Crippen LogP) is 1.60. The third kappa shape index (κ3) is 2.10. The van der Waals surface area contributed by atoms with Gasteiger partial charge in [0.25, 0.3) is 5.56 Å². The SMILES string of the molecule is N#Cc1c(Nc2ncc(Br)cn2)s[nH]c1=O. The van der Waals surface area contributed by atoms with Crippen LogP contribution in [0.3, 0.4) is 0 Å². The van der Waals surface area contributed by atoms with Crippen molar-refractivity contribution >= 4 is 38.4 Å². The molecule has 2 N–H and O–H groups in total. The number of aromatic nitrogens is 3. The fourth-order valence-corrected chi connectivity index (χ4v) is 1.85. The number of hydrogen-bond acceptors (Lipinski definition) is 6. The predicted molar refractivity (Wildman–Crippen MR) is 62.7 cm³/mol. The molecular weight excluding hydrogens is 294 g/mol. The first-order valence-corrected chi connectivity index (χ1v) is 5.68. The summed E-state index contributed by atoms with van der Waals surface area (Å²) in [7, 11) is 0. The van der Waals surface area contributed by atoms with Gasteiger partial charge in [-0.3, -0.25) is 9.17 Å². The van der Waals surface area contributed by atoms with Crippen LogP contribution >= 0.6 is 27.5 Å². The summed E-state index contributed by atoms with van der Waals surface area (Å²) in [6, 6.07) is 1.81. The zero-order chi connectivity index (χ0) is 11.5. The number of nitriles is 1. The van der Waals surface area contributed by atoms with Crippen molar-refractivity contribution in [3.63, 3.8) is 0 Å². The van der Waals surface area contributed by atoms with E-state index in [1.54, 1.807) is 12.4 Å². The van der Waals surface area contributed by atoms with Gasteiger partial charge in [0, 0.05) is 12.4 Å². The molecule has 0 saturated heterocycles. The summed E-state index contributed by atoms with van der Waals surface area (Å²) in [5, 5.41) is 12.0. The Labute approximate surface area is 102 Å². The van der Waals surface area contributed by atoms with E-state index in [1.807, 2.05) is 6.07 Å². The smallest absolute Gasteiger partial charge is 0.278 e. The standard InChI is InChI=1S/C8H4BrN5OS/c9-4-2-11-8(12-3-4)13-7-5(1-10)6(15)14-16-7/h2-3H,(H,14,15)(H,11,12,13). The van der Waals surface area contributed by atoms with E-state index in [0.29, 0.717) is 10.9 Å². The Kier molecular flexibility index (Phi) is 2.98. The molecule has 2 aromatic rings. The van der Waals surface area contributed by atoms with Crippen LogP contribution in [0.15, 0.2) is 21.7 Å². The van der Waals surface area contributed by atoms with Crippen molar-refractivity contribution < 1.29 is 0 Å². The first kappa shape index (κ1) is 10.8. The van der Waals surface area contributed by atoms with Gasteiger partial charge in [-0.25, -0.2) is 9.97 Å². The van der Waals surface area contributed by atoms with Crippen molar-refractivity contribution in [3.8, 4) is 6.07 Å². The third-order valence-electron chi connectivity index (χ3n) is 1.66. The highest BCUT2D eigenvalue weighted by molar-refractivity contribution is 9.10. The zero-order valence-corrected chi connectivity index (χ0v) is 10.1. The van der Waals surface area contributed by atoms with Gasteiger partial charge >= 0.3 is 0 Å². The number of aromatic amines is 1. The van der Waals surface area contributed by atoms with Crippen LogP contribution in [-0.2, 0) is 0 Å². The van der Waals surface area contributed by atoms with E-state index in [-0.39, 0.29) is 5.56 Å². The molecule has 6 nitrogen and oxygen atoms in total. The van der Waals surface area contributed by atoms with E-state index in [2.05, 4.69) is 35.6 Å². The Morgan fingerprint density at radius 2 is 2.19 bits per heavy atom. The number of rotatable bonds is 2. The van der Waals surface area contributed by atoms with E-state index < -0.39 is 5.56 Å². The molecule has 80 valence electrons. The average Bonchev–Trinajstić information content (AvgIpc) is 2.63. The summed E-state index contributed by atoms with van der Waals surface area (Å²) in [5.74, 6) is 0.329. The Hall–Kier alpha value is -1.72. The molecule has 0 amide bonds. The number of anilines is 2. The van der Waals surface area contributed by atoms with Crippen LogP contribution in [0, 0.1) is 11.3 Å². The van der Waals surface area contributed by atoms with E-state index in [9.17, 15) is 4.79 Å². The molecule has 2 heterocycles. The number of H-pyrrole nitrogens is 1. The second-order valence-electron chi connectivity index (χ2n) is 2.70. The molecule has 0 atom stereocenters. The number of nitrogens with zero attached hydrogens (tertiary/aromatic N) is 3. The highest BCUT2D eigenvalue weighted by Crippen LogP contribution is 2.19. The van der Waals surface area contributed by atoms with E-state index >= 15 is 0 Å². The molecule has 0 bridgehead atoms. The quantitative estimate of drug-likeness (QED) is 0.878. The van der Waals surface area contributed by atoms with E-state index in [4.69, 9.17) is 5.26 Å². The lowest BCUT2D eigenvalue weighted by Crippen LogP contribution is -2.03. The molecule has 0 aliphatic rings. The minimum absolute atomic E-state index is 0.0384. The van der Waals surface area contributed by atoms with Gasteiger partial charge in [-0.2, -0.15) is 5.26 Å². The Bertz CT molecular complexity index is 596. The second kappa shape index (κ2) is 4.42. The van der Waals surface area contributed by atoms with Crippen molar-refractivity contribution in [1.29, 1.82) is 5.26 Å². The third-order valence-corrected chi connectivity index (χ3v) is 2.86. The fourth-order valence-electron chi connectivity index (χ4n) is 0.970. The van der Waals surface area contributed by atoms with E-state index in [1.165, 1.54) is 0 Å². The van der Waals surface area contributed by atoms with Crippen LogP contribution in [0.25, 0.3) is 0 Å². The van der Waals surface area contributed by atoms with Gasteiger partial charge in [-0.1, -0.05) is 0 Å². The molecule has 0 radical (unpaired) electrons. The summed E-state index contributed by atoms with van der Waals surface area (Å²) in [6.07, 6.45) is 3.13. The minimum Gasteiger partial charge on any atom is -0.313 e. The first-order valence-electron chi connectivity index (χ1n) is 4.07. The van der Waals surface area contributed by atoms with Crippen molar-refractivity contribution in [1.82, 2.24) is 14.3 Å². The lowest BCUT2D eigenvalue weighted by molar-refractivity contribution is 1.15. The van der Waals surface area contributed by atoms with Gasteiger partial charge in [0.2, 0.25) is 5.95 Å². The fraction of sp³-hybridized carbons (Fsp3) is 0. The lowest BCUT2D eigenvalue weighted by Gasteiger charge is -2.00. The van der Waals surface area contributed by atoms with Gasteiger partial charge in [0.1, 0.15) is 11.1 Å². The van der Waals surface area contributed by atoms with Gasteiger partial charge < -0.3 is 5.32 Å². The van der Waals surface area contributed by atoms with Gasteiger partial charge in [-0.15, -0.1) is 0 Å². The molecule has 16 heavy (non-hydrogen) atoms. The van der Waals surface area contributed by atoms with Crippen molar-refractivity contribution in [2.75, 3.05) is 5.32 Å². The van der Waals surface area contributed by atoms with Gasteiger partial charge in [0.15, 0.2) is 5.56 Å². The summed E-state index contributed by atoms with van der Waals surface area (Å²) in [4.78, 5) is 19.1. The second-order valence-corrected chi connectivity index (χ2v) is 4.43. The van der Waals surface area contributed by atoms with Crippen molar-refractivity contribution in [3.05, 3.63) is 32.8 Å². The monoisotopic (exact) mass is 297 g/mol. The molecule has 0 aliphatic heterocycles. The molecule has 2 aromatic heterocycles. The average molecular weight is 298 g/mol. The van der Waals surface area contributed by atoms with Crippen LogP contribution < -0.4 is 10.9 Å². The summed E-state index contributed by atoms with van der Waals surface area (Å²) in [5.41, 5.74) is -0.372. The largest absolute Gasteiger partial charge is 0.313 e. The first-order chi connectivity index (χ1) is 7.70. The normalized spacial score (nSPS) is 9.75. The number of halogens is 1. The van der Waals surface area contributed by atoms with Crippen LogP contribution in [-0.4, -0.2) is 14.3 Å². The molecule has 0 spiro atoms. The van der Waals surface area contributed by atoms with Gasteiger partial charge in [0.05, 0.1) is 4.47 Å². The summed E-state index contributed by atoms with van der Waals surface area (Å²) >= 11 is 4.24. The molecule has 0 unspecified atom stereocenters. The number of hydrogen-bond donors (Lipinski definition) is 2. The lowest BCUT2D eigenvalue weighted by atomic mass is 10.4. The molecule has 0 aromatic carbocycles. The maximum atomic E-state index is 11.2. The summed E-state index contributed by atoms with van der Waals surface area (Å²) in [6.45, 7) is 0. The molecule has 0 aliphatic carbocycles. The maximum absolute atomic E-state index is 11.2. The molecule has 8 heteroatoms. The Morgan fingerprint density at radius 3 is 2.81 bits per heavy atom. The molecule has 0 fully saturated rings. The van der Waals surface area contributed by atoms with Gasteiger partial charge in [-0.05, 0) is 27.5 Å². The van der Waals surface area contributed by atoms with E-state index in [0.717, 1.165) is 16.0 Å². The minimum atomic E-state index is -0.410. The number of nitrogens with one attached hydrogen (secondary N) is 2. The van der Waals surface area contributed by atoms with Crippen molar-refractivity contribution in [2.45, 2.75) is 0 Å².